The number of aromatic carboxylic acids is 1. The van der Waals surface area contributed by atoms with E-state index < -0.39 is 22.1 Å². The molecule has 0 amide bonds. The van der Waals surface area contributed by atoms with Gasteiger partial charge in [-0.2, -0.15) is 0 Å². The predicted molar refractivity (Wildman–Crippen MR) is 145 cm³/mol. The van der Waals surface area contributed by atoms with Crippen LogP contribution in [0.4, 0.5) is 0 Å². The molecule has 0 saturated carbocycles. The molecule has 0 atom stereocenters. The summed E-state index contributed by atoms with van der Waals surface area (Å²) in [6, 6.07) is 21.3. The molecule has 0 saturated heterocycles. The average Bonchev–Trinajstić information content (AvgIpc) is 2.75. The molecule has 0 bridgehead atoms. The van der Waals surface area contributed by atoms with Crippen molar-refractivity contribution >= 4 is 22.1 Å². The van der Waals surface area contributed by atoms with Gasteiger partial charge in [0, 0.05) is 11.1 Å². The summed E-state index contributed by atoms with van der Waals surface area (Å²) in [4.78, 5) is 12.3. The first kappa shape index (κ1) is 24.3. The monoisotopic (exact) mass is 466 g/mol. The molecule has 0 fully saturated rings. The molecule has 166 valence electrons. The van der Waals surface area contributed by atoms with Crippen LogP contribution in [0.15, 0.2) is 66.7 Å². The summed E-state index contributed by atoms with van der Waals surface area (Å²) in [6.45, 7) is 13.3. The van der Waals surface area contributed by atoms with Gasteiger partial charge in [-0.1, -0.05) is 93.6 Å². The fourth-order valence-corrected chi connectivity index (χ4v) is 4.29. The normalized spacial score (nSPS) is 11.1. The van der Waals surface area contributed by atoms with Crippen LogP contribution in [0.25, 0.3) is 22.3 Å². The summed E-state index contributed by atoms with van der Waals surface area (Å²) in [6.07, 6.45) is 0. The van der Waals surface area contributed by atoms with E-state index >= 15 is 0 Å². The molecule has 0 spiro atoms. The summed E-state index contributed by atoms with van der Waals surface area (Å²) >= 11 is 0. The van der Waals surface area contributed by atoms with Crippen molar-refractivity contribution in [3.05, 3.63) is 83.4 Å². The molecule has 0 aliphatic carbocycles. The minimum Gasteiger partial charge on any atom is -0.478 e. The Morgan fingerprint density at radius 1 is 0.636 bits per heavy atom. The summed E-state index contributed by atoms with van der Waals surface area (Å²) in [5, 5.41) is 10.1. The Hall–Kier alpha value is -3.32. The van der Waals surface area contributed by atoms with Crippen LogP contribution in [0.5, 0.6) is 0 Å². The summed E-state index contributed by atoms with van der Waals surface area (Å²) in [7, 11) is -2.90. The van der Waals surface area contributed by atoms with E-state index in [2.05, 4.69) is 62.2 Å². The van der Waals surface area contributed by atoms with Crippen molar-refractivity contribution in [3.63, 3.8) is 0 Å². The maximum atomic E-state index is 12.3. The summed E-state index contributed by atoms with van der Waals surface area (Å²) < 4.78 is 0. The van der Waals surface area contributed by atoms with Gasteiger partial charge in [0.25, 0.3) is 0 Å². The zero-order valence-corrected chi connectivity index (χ0v) is 22.2. The molecule has 4 heteroatoms. The van der Waals surface area contributed by atoms with Crippen molar-refractivity contribution in [2.45, 2.75) is 39.3 Å². The molecule has 3 rings (SSSR count). The minimum absolute atomic E-state index is 0.305. The van der Waals surface area contributed by atoms with Crippen LogP contribution in [0.1, 0.15) is 21.5 Å². The highest BCUT2D eigenvalue weighted by Gasteiger charge is 2.18. The third-order valence-corrected chi connectivity index (χ3v) is 6.58. The lowest BCUT2D eigenvalue weighted by Crippen LogP contribution is -2.16. The molecule has 0 radical (unpaired) electrons. The highest BCUT2D eigenvalue weighted by molar-refractivity contribution is 6.84. The Balaban J connectivity index is 2.01. The van der Waals surface area contributed by atoms with E-state index in [1.54, 1.807) is 0 Å². The first-order valence-electron chi connectivity index (χ1n) is 11.1. The number of hydrogen-bond acceptors (Lipinski definition) is 1. The Morgan fingerprint density at radius 3 is 1.30 bits per heavy atom. The van der Waals surface area contributed by atoms with E-state index in [-0.39, 0.29) is 0 Å². The third-order valence-electron chi connectivity index (χ3n) is 4.83. The molecule has 3 aromatic rings. The Morgan fingerprint density at radius 2 is 1.00 bits per heavy atom. The van der Waals surface area contributed by atoms with Gasteiger partial charge in [0.2, 0.25) is 0 Å². The molecule has 0 aliphatic rings. The fourth-order valence-electron chi connectivity index (χ4n) is 3.25. The van der Waals surface area contributed by atoms with Gasteiger partial charge in [0.15, 0.2) is 0 Å². The molecule has 33 heavy (non-hydrogen) atoms. The van der Waals surface area contributed by atoms with Gasteiger partial charge < -0.3 is 5.11 Å². The van der Waals surface area contributed by atoms with Crippen LogP contribution in [-0.4, -0.2) is 27.2 Å². The zero-order valence-electron chi connectivity index (χ0n) is 20.2. The molecule has 0 aromatic heterocycles. The zero-order chi connectivity index (χ0) is 24.2. The molecule has 1 N–H and O–H groups in total. The van der Waals surface area contributed by atoms with Gasteiger partial charge in [-0.3, -0.25) is 0 Å². The van der Waals surface area contributed by atoms with E-state index in [0.717, 1.165) is 22.3 Å². The van der Waals surface area contributed by atoms with E-state index in [9.17, 15) is 9.90 Å². The number of carboxylic acids is 1. The van der Waals surface area contributed by atoms with Crippen LogP contribution >= 0.6 is 0 Å². The predicted octanol–water partition coefficient (Wildman–Crippen LogP) is 7.18. The van der Waals surface area contributed by atoms with Crippen molar-refractivity contribution in [1.82, 2.24) is 0 Å². The van der Waals surface area contributed by atoms with Crippen molar-refractivity contribution in [2.24, 2.45) is 0 Å². The van der Waals surface area contributed by atoms with Crippen LogP contribution in [-0.2, 0) is 0 Å². The van der Waals surface area contributed by atoms with Crippen LogP contribution in [0.3, 0.4) is 0 Å². The first-order valence-corrected chi connectivity index (χ1v) is 18.1. The number of benzene rings is 3. The highest BCUT2D eigenvalue weighted by atomic mass is 28.3. The Kier molecular flexibility index (Phi) is 7.13. The Bertz CT molecular complexity index is 1190. The third kappa shape index (κ3) is 6.83. The second-order valence-corrected chi connectivity index (χ2v) is 19.7. The van der Waals surface area contributed by atoms with E-state index in [1.165, 1.54) is 0 Å². The summed E-state index contributed by atoms with van der Waals surface area (Å²) in [5.41, 5.74) is 12.1. The quantitative estimate of drug-likeness (QED) is 0.328. The molecule has 2 nitrogen and oxygen atoms in total. The van der Waals surface area contributed by atoms with Crippen molar-refractivity contribution in [2.75, 3.05) is 0 Å². The molecular weight excluding hydrogens is 436 g/mol. The highest BCUT2D eigenvalue weighted by Crippen LogP contribution is 2.33. The summed E-state index contributed by atoms with van der Waals surface area (Å²) in [5.74, 6) is 5.56. The van der Waals surface area contributed by atoms with Gasteiger partial charge in [0.05, 0.1) is 5.56 Å². The van der Waals surface area contributed by atoms with Crippen LogP contribution in [0.2, 0.25) is 39.3 Å². The lowest BCUT2D eigenvalue weighted by Gasteiger charge is -2.13. The van der Waals surface area contributed by atoms with Crippen molar-refractivity contribution in [3.8, 4) is 45.2 Å². The second-order valence-electron chi connectivity index (χ2n) is 10.2. The maximum Gasteiger partial charge on any atom is 0.336 e. The second kappa shape index (κ2) is 9.67. The minimum atomic E-state index is -1.45. The Labute approximate surface area is 199 Å². The topological polar surface area (TPSA) is 37.3 Å². The number of carboxylic acid groups (broad SMARTS) is 1. The molecule has 3 aromatic carbocycles. The lowest BCUT2D eigenvalue weighted by atomic mass is 9.91. The van der Waals surface area contributed by atoms with E-state index in [4.69, 9.17) is 0 Å². The molecule has 0 unspecified atom stereocenters. The van der Waals surface area contributed by atoms with Gasteiger partial charge in [-0.15, -0.1) is 11.1 Å². The largest absolute Gasteiger partial charge is 0.478 e. The fraction of sp³-hybridized carbons (Fsp3) is 0.207. The van der Waals surface area contributed by atoms with E-state index in [1.807, 2.05) is 66.7 Å². The van der Waals surface area contributed by atoms with E-state index in [0.29, 0.717) is 16.7 Å². The molecular formula is C29H30O2Si2. The lowest BCUT2D eigenvalue weighted by molar-refractivity contribution is 0.0698. The van der Waals surface area contributed by atoms with Crippen molar-refractivity contribution in [1.29, 1.82) is 0 Å². The van der Waals surface area contributed by atoms with Gasteiger partial charge in [-0.25, -0.2) is 4.79 Å². The SMILES string of the molecule is C[Si](C)(C)C#Cc1ccc(-c2cccc(-c3ccc(C#C[Si](C)(C)C)cc3)c2C(=O)O)cc1. The van der Waals surface area contributed by atoms with Gasteiger partial charge >= 0.3 is 5.97 Å². The smallest absolute Gasteiger partial charge is 0.336 e. The average molecular weight is 467 g/mol. The van der Waals surface area contributed by atoms with Gasteiger partial charge in [-0.05, 0) is 46.5 Å². The molecule has 0 aliphatic heterocycles. The standard InChI is InChI=1S/C29H30O2Si2/c1-32(2,3)20-18-22-10-14-24(15-11-22)26-8-7-9-27(28(26)29(30)31)25-16-12-23(13-17-25)19-21-33(4,5)6/h7-17H,1-6H3,(H,30,31). The molecule has 0 heterocycles. The maximum absolute atomic E-state index is 12.3. The first-order chi connectivity index (χ1) is 15.4. The number of carbonyl (C=O) groups is 1. The van der Waals surface area contributed by atoms with Crippen molar-refractivity contribution < 1.29 is 9.90 Å². The number of hydrogen-bond donors (Lipinski definition) is 1. The van der Waals surface area contributed by atoms with Crippen LogP contribution in [0, 0.1) is 22.9 Å². The van der Waals surface area contributed by atoms with Gasteiger partial charge in [0.1, 0.15) is 16.1 Å². The number of rotatable bonds is 3. The van der Waals surface area contributed by atoms with Crippen LogP contribution < -0.4 is 0 Å².